The third-order valence-corrected chi connectivity index (χ3v) is 3.75. The Morgan fingerprint density at radius 2 is 2.23 bits per heavy atom. The summed E-state index contributed by atoms with van der Waals surface area (Å²) in [5.74, 6) is -0.681. The number of para-hydroxylation sites is 1. The van der Waals surface area contributed by atoms with Gasteiger partial charge in [0.15, 0.2) is 0 Å². The van der Waals surface area contributed by atoms with Crippen LogP contribution in [0.1, 0.15) is 18.9 Å². The van der Waals surface area contributed by atoms with Crippen molar-refractivity contribution in [1.82, 2.24) is 25.2 Å². The highest BCUT2D eigenvalue weighted by molar-refractivity contribution is 5.85. The van der Waals surface area contributed by atoms with Crippen LogP contribution < -0.4 is 5.43 Å². The molecular formula is C16H17N7O3. The second kappa shape index (κ2) is 7.55. The zero-order chi connectivity index (χ0) is 18.5. The number of hydrogen-bond donors (Lipinski definition) is 2. The predicted molar refractivity (Wildman–Crippen MR) is 94.5 cm³/mol. The van der Waals surface area contributed by atoms with Gasteiger partial charge in [0.2, 0.25) is 12.2 Å². The van der Waals surface area contributed by atoms with Gasteiger partial charge in [-0.2, -0.15) is 9.78 Å². The molecule has 26 heavy (non-hydrogen) atoms. The van der Waals surface area contributed by atoms with Crippen LogP contribution in [0.25, 0.3) is 10.9 Å². The lowest BCUT2D eigenvalue weighted by Gasteiger charge is -2.02. The Bertz CT molecular complexity index is 973. The molecule has 0 spiro atoms. The van der Waals surface area contributed by atoms with Crippen molar-refractivity contribution in [3.63, 3.8) is 0 Å². The number of aromatic nitrogens is 4. The van der Waals surface area contributed by atoms with E-state index in [-0.39, 0.29) is 12.5 Å². The topological polar surface area (TPSA) is 131 Å². The van der Waals surface area contributed by atoms with Crippen molar-refractivity contribution in [2.24, 2.45) is 5.10 Å². The first-order valence-corrected chi connectivity index (χ1v) is 7.94. The largest absolute Gasteiger partial charge is 0.490 e. The summed E-state index contributed by atoms with van der Waals surface area (Å²) in [6, 6.07) is 7.91. The number of nitrogens with one attached hydrogen (secondary N) is 2. The van der Waals surface area contributed by atoms with Crippen LogP contribution in [0.5, 0.6) is 0 Å². The Kier molecular flexibility index (Phi) is 5.02. The van der Waals surface area contributed by atoms with Crippen molar-refractivity contribution < 1.29 is 9.72 Å². The molecule has 2 aromatic heterocycles. The molecule has 0 atom stereocenters. The lowest BCUT2D eigenvalue weighted by atomic mass is 10.1. The monoisotopic (exact) mass is 355 g/mol. The third-order valence-electron chi connectivity index (χ3n) is 3.75. The van der Waals surface area contributed by atoms with Crippen molar-refractivity contribution in [1.29, 1.82) is 0 Å². The highest BCUT2D eigenvalue weighted by atomic mass is 16.6. The minimum absolute atomic E-state index is 0.198. The fourth-order valence-electron chi connectivity index (χ4n) is 2.51. The molecule has 2 heterocycles. The van der Waals surface area contributed by atoms with Crippen LogP contribution in [-0.4, -0.2) is 36.3 Å². The van der Waals surface area contributed by atoms with Gasteiger partial charge in [0.1, 0.15) is 0 Å². The van der Waals surface area contributed by atoms with E-state index in [4.69, 9.17) is 0 Å². The number of carbonyl (C=O) groups is 1. The Morgan fingerprint density at radius 3 is 3.00 bits per heavy atom. The van der Waals surface area contributed by atoms with Gasteiger partial charge >= 0.3 is 5.95 Å². The number of rotatable bonds is 7. The molecule has 0 saturated carbocycles. The summed E-state index contributed by atoms with van der Waals surface area (Å²) in [5.41, 5.74) is 5.15. The normalized spacial score (nSPS) is 11.7. The van der Waals surface area contributed by atoms with Crippen molar-refractivity contribution in [2.75, 3.05) is 0 Å². The van der Waals surface area contributed by atoms with Crippen LogP contribution in [0.3, 0.4) is 0 Å². The van der Waals surface area contributed by atoms with Gasteiger partial charge in [-0.05, 0) is 29.9 Å². The standard InChI is InChI=1S/C16H17N7O3/c1-11(9-22-10-18-16(21-22)23(25)26)19-20-15(24)7-6-12-8-17-14-5-3-2-4-13(12)14/h2-5,8,10,17H,6-7,9H2,1H3,(H,20,24)/b19-11-. The molecule has 3 aromatic rings. The van der Waals surface area contributed by atoms with E-state index < -0.39 is 10.9 Å². The van der Waals surface area contributed by atoms with E-state index in [2.05, 4.69) is 25.6 Å². The highest BCUT2D eigenvalue weighted by Crippen LogP contribution is 2.18. The maximum Gasteiger partial charge on any atom is 0.490 e. The van der Waals surface area contributed by atoms with Gasteiger partial charge in [-0.1, -0.05) is 23.2 Å². The van der Waals surface area contributed by atoms with E-state index in [0.717, 1.165) is 16.5 Å². The molecule has 0 fully saturated rings. The lowest BCUT2D eigenvalue weighted by Crippen LogP contribution is -2.21. The fraction of sp³-hybridized carbons (Fsp3) is 0.250. The second-order valence-corrected chi connectivity index (χ2v) is 5.74. The summed E-state index contributed by atoms with van der Waals surface area (Å²) in [4.78, 5) is 28.6. The van der Waals surface area contributed by atoms with Gasteiger partial charge in [0.25, 0.3) is 0 Å². The molecule has 3 rings (SSSR count). The molecule has 0 aliphatic carbocycles. The van der Waals surface area contributed by atoms with Crippen LogP contribution in [0.15, 0.2) is 41.9 Å². The summed E-state index contributed by atoms with van der Waals surface area (Å²) in [6.45, 7) is 1.89. The molecule has 0 aliphatic heterocycles. The number of nitrogens with zero attached hydrogens (tertiary/aromatic N) is 5. The maximum absolute atomic E-state index is 12.0. The van der Waals surface area contributed by atoms with Crippen molar-refractivity contribution in [3.8, 4) is 0 Å². The van der Waals surface area contributed by atoms with E-state index in [9.17, 15) is 14.9 Å². The molecule has 0 aliphatic rings. The number of nitro groups is 1. The number of H-pyrrole nitrogens is 1. The third kappa shape index (κ3) is 4.09. The Balaban J connectivity index is 1.51. The average Bonchev–Trinajstić information content (AvgIpc) is 3.25. The number of amides is 1. The first-order valence-electron chi connectivity index (χ1n) is 7.94. The molecule has 2 N–H and O–H groups in total. The van der Waals surface area contributed by atoms with Crippen LogP contribution in [0.2, 0.25) is 0 Å². The summed E-state index contributed by atoms with van der Waals surface area (Å²) >= 11 is 0. The van der Waals surface area contributed by atoms with Gasteiger partial charge in [-0.15, -0.1) is 0 Å². The van der Waals surface area contributed by atoms with E-state index in [1.807, 2.05) is 30.5 Å². The van der Waals surface area contributed by atoms with Gasteiger partial charge in [-0.3, -0.25) is 4.79 Å². The maximum atomic E-state index is 12.0. The first kappa shape index (κ1) is 17.3. The smallest absolute Gasteiger partial charge is 0.390 e. The summed E-state index contributed by atoms with van der Waals surface area (Å²) in [5, 5.41) is 19.3. The number of aryl methyl sites for hydroxylation is 1. The molecule has 0 bridgehead atoms. The predicted octanol–water partition coefficient (Wildman–Crippen LogP) is 1.79. The van der Waals surface area contributed by atoms with Gasteiger partial charge in [-0.25, -0.2) is 5.43 Å². The molecule has 10 heteroatoms. The summed E-state index contributed by atoms with van der Waals surface area (Å²) < 4.78 is 1.29. The average molecular weight is 355 g/mol. The summed E-state index contributed by atoms with van der Waals surface area (Å²) in [6.07, 6.45) is 4.05. The quantitative estimate of drug-likeness (QED) is 0.379. The van der Waals surface area contributed by atoms with Crippen LogP contribution in [-0.2, 0) is 17.8 Å². The van der Waals surface area contributed by atoms with Crippen LogP contribution >= 0.6 is 0 Å². The van der Waals surface area contributed by atoms with Gasteiger partial charge in [0.05, 0.1) is 12.3 Å². The summed E-state index contributed by atoms with van der Waals surface area (Å²) in [7, 11) is 0. The van der Waals surface area contributed by atoms with E-state index in [1.165, 1.54) is 11.0 Å². The Labute approximate surface area is 148 Å². The minimum atomic E-state index is -0.671. The van der Waals surface area contributed by atoms with Gasteiger partial charge in [0, 0.05) is 28.6 Å². The number of aromatic amines is 1. The molecule has 134 valence electrons. The highest BCUT2D eigenvalue weighted by Gasteiger charge is 2.13. The number of fused-ring (bicyclic) bond motifs is 1. The molecule has 1 aromatic carbocycles. The number of hydrogen-bond acceptors (Lipinski definition) is 6. The van der Waals surface area contributed by atoms with E-state index in [0.29, 0.717) is 18.6 Å². The number of benzene rings is 1. The Morgan fingerprint density at radius 1 is 1.42 bits per heavy atom. The molecule has 10 nitrogen and oxygen atoms in total. The zero-order valence-corrected chi connectivity index (χ0v) is 14.0. The molecule has 1 amide bonds. The van der Waals surface area contributed by atoms with Gasteiger partial charge < -0.3 is 15.1 Å². The van der Waals surface area contributed by atoms with Crippen LogP contribution in [0.4, 0.5) is 5.95 Å². The molecule has 0 saturated heterocycles. The number of carbonyl (C=O) groups excluding carboxylic acids is 1. The molecule has 0 radical (unpaired) electrons. The van der Waals surface area contributed by atoms with Crippen molar-refractivity contribution >= 4 is 28.5 Å². The molecular weight excluding hydrogens is 338 g/mol. The van der Waals surface area contributed by atoms with Crippen molar-refractivity contribution in [2.45, 2.75) is 26.3 Å². The van der Waals surface area contributed by atoms with E-state index >= 15 is 0 Å². The Hall–Kier alpha value is -3.56. The fourth-order valence-corrected chi connectivity index (χ4v) is 2.51. The first-order chi connectivity index (χ1) is 12.5. The number of hydrazone groups is 1. The lowest BCUT2D eigenvalue weighted by molar-refractivity contribution is -0.394. The molecule has 0 unspecified atom stereocenters. The van der Waals surface area contributed by atoms with E-state index in [1.54, 1.807) is 6.92 Å². The van der Waals surface area contributed by atoms with Crippen LogP contribution in [0, 0.1) is 10.1 Å². The SMILES string of the molecule is C/C(Cn1cnc([N+](=O)[O-])n1)=N/NC(=O)CCc1c[nH]c2ccccc12. The second-order valence-electron chi connectivity index (χ2n) is 5.74. The minimum Gasteiger partial charge on any atom is -0.390 e. The zero-order valence-electron chi connectivity index (χ0n) is 14.0. The van der Waals surface area contributed by atoms with Crippen molar-refractivity contribution in [3.05, 3.63) is 52.5 Å².